The second-order valence-electron chi connectivity index (χ2n) is 9.19. The zero-order valence-corrected chi connectivity index (χ0v) is 21.0. The van der Waals surface area contributed by atoms with Crippen LogP contribution >= 0.6 is 0 Å². The maximum Gasteiger partial charge on any atom is 0.435 e. The molecule has 1 aliphatic heterocycles. The minimum absolute atomic E-state index is 0.00927. The summed E-state index contributed by atoms with van der Waals surface area (Å²) in [5.74, 6) is -1.91. The molecule has 3 aromatic carbocycles. The predicted octanol–water partition coefficient (Wildman–Crippen LogP) is 6.90. The van der Waals surface area contributed by atoms with Gasteiger partial charge in [-0.1, -0.05) is 43.3 Å². The molecular weight excluding hydrogens is 545 g/mol. The van der Waals surface area contributed by atoms with Crippen LogP contribution in [0, 0.1) is 6.92 Å². The number of carbonyl (C=O) groups is 3. The van der Waals surface area contributed by atoms with Gasteiger partial charge in [-0.25, -0.2) is 4.39 Å². The summed E-state index contributed by atoms with van der Waals surface area (Å²) in [6, 6.07) is 13.0. The smallest absolute Gasteiger partial charge is 0.321 e. The van der Waals surface area contributed by atoms with E-state index in [4.69, 9.17) is 0 Å². The van der Waals surface area contributed by atoms with Crippen molar-refractivity contribution in [2.75, 3.05) is 5.32 Å². The van der Waals surface area contributed by atoms with Crippen LogP contribution in [0.5, 0.6) is 0 Å². The fourth-order valence-electron chi connectivity index (χ4n) is 4.62. The van der Waals surface area contributed by atoms with Gasteiger partial charge in [0, 0.05) is 16.8 Å². The summed E-state index contributed by atoms with van der Waals surface area (Å²) in [5.41, 5.74) is -7.04. The second kappa shape index (κ2) is 10.1. The molecule has 0 saturated heterocycles. The van der Waals surface area contributed by atoms with Crippen LogP contribution in [-0.4, -0.2) is 35.0 Å². The Balaban J connectivity index is 1.67. The quantitative estimate of drug-likeness (QED) is 0.261. The molecular formula is C28H21F7N2O3. The summed E-state index contributed by atoms with van der Waals surface area (Å²) < 4.78 is 94.6. The van der Waals surface area contributed by atoms with Crippen molar-refractivity contribution in [1.29, 1.82) is 0 Å². The molecule has 0 aliphatic carbocycles. The minimum atomic E-state index is -6.28. The number of amides is 3. The molecule has 210 valence electrons. The number of carbonyl (C=O) groups excluding carboxylic acids is 3. The number of hydrogen-bond donors (Lipinski definition) is 1. The molecule has 0 bridgehead atoms. The number of hydrogen-bond acceptors (Lipinski definition) is 3. The fourth-order valence-corrected chi connectivity index (χ4v) is 4.62. The highest BCUT2D eigenvalue weighted by Crippen LogP contribution is 2.54. The first-order valence-corrected chi connectivity index (χ1v) is 11.9. The lowest BCUT2D eigenvalue weighted by molar-refractivity contribution is -0.348. The number of nitrogens with one attached hydrogen (secondary N) is 1. The van der Waals surface area contributed by atoms with Gasteiger partial charge >= 0.3 is 18.0 Å². The van der Waals surface area contributed by atoms with Crippen molar-refractivity contribution in [3.63, 3.8) is 0 Å². The van der Waals surface area contributed by atoms with Gasteiger partial charge < -0.3 is 5.32 Å². The van der Waals surface area contributed by atoms with Crippen molar-refractivity contribution in [3.8, 4) is 0 Å². The highest BCUT2D eigenvalue weighted by Gasteiger charge is 2.73. The third-order valence-corrected chi connectivity index (χ3v) is 6.68. The summed E-state index contributed by atoms with van der Waals surface area (Å²) in [4.78, 5) is 39.8. The Morgan fingerprint density at radius 1 is 0.800 bits per heavy atom. The molecule has 0 radical (unpaired) electrons. The van der Waals surface area contributed by atoms with E-state index >= 15 is 0 Å². The van der Waals surface area contributed by atoms with Crippen LogP contribution in [-0.2, 0) is 18.6 Å². The number of anilines is 1. The molecule has 40 heavy (non-hydrogen) atoms. The van der Waals surface area contributed by atoms with E-state index in [2.05, 4.69) is 5.32 Å². The van der Waals surface area contributed by atoms with Crippen LogP contribution in [0.4, 0.5) is 36.4 Å². The largest absolute Gasteiger partial charge is 0.435 e. The number of fused-ring (bicyclic) bond motifs is 1. The van der Waals surface area contributed by atoms with Gasteiger partial charge in [0.25, 0.3) is 17.7 Å². The van der Waals surface area contributed by atoms with E-state index in [-0.39, 0.29) is 52.0 Å². The van der Waals surface area contributed by atoms with E-state index in [1.165, 1.54) is 37.3 Å². The van der Waals surface area contributed by atoms with Gasteiger partial charge in [-0.3, -0.25) is 19.3 Å². The topological polar surface area (TPSA) is 66.5 Å². The number of alkyl halides is 7. The molecule has 4 rings (SSSR count). The Morgan fingerprint density at radius 3 is 1.85 bits per heavy atom. The average Bonchev–Trinajstić information content (AvgIpc) is 3.13. The van der Waals surface area contributed by atoms with Crippen LogP contribution in [0.1, 0.15) is 60.3 Å². The van der Waals surface area contributed by atoms with E-state index in [0.29, 0.717) is 12.1 Å². The van der Waals surface area contributed by atoms with Gasteiger partial charge in [-0.05, 0) is 54.3 Å². The van der Waals surface area contributed by atoms with Crippen molar-refractivity contribution >= 4 is 23.4 Å². The van der Waals surface area contributed by atoms with Gasteiger partial charge in [0.2, 0.25) is 0 Å². The van der Waals surface area contributed by atoms with Gasteiger partial charge in [-0.15, -0.1) is 0 Å². The summed E-state index contributed by atoms with van der Waals surface area (Å²) in [6.07, 6.45) is -12.7. The normalized spacial score (nSPS) is 14.0. The molecule has 1 heterocycles. The first kappa shape index (κ1) is 28.8. The SMILES string of the molecule is CCc1cc(C(F)(C(F)(F)F)C(F)(F)F)cc(C)c1NC(=O)c1ccccc1CN1C(=O)c2ccccc2C1=O. The molecule has 0 fully saturated rings. The number of aryl methyl sites for hydroxylation is 2. The number of nitrogens with zero attached hydrogens (tertiary/aromatic N) is 1. The van der Waals surface area contributed by atoms with Crippen LogP contribution < -0.4 is 5.32 Å². The van der Waals surface area contributed by atoms with Gasteiger partial charge in [0.15, 0.2) is 0 Å². The Labute approximate surface area is 223 Å². The van der Waals surface area contributed by atoms with Gasteiger partial charge in [-0.2, -0.15) is 26.3 Å². The zero-order chi connectivity index (χ0) is 29.6. The van der Waals surface area contributed by atoms with Crippen LogP contribution in [0.3, 0.4) is 0 Å². The summed E-state index contributed by atoms with van der Waals surface area (Å²) in [5, 5.41) is 2.49. The molecule has 3 amide bonds. The lowest BCUT2D eigenvalue weighted by Crippen LogP contribution is -2.50. The molecule has 1 aliphatic rings. The van der Waals surface area contributed by atoms with E-state index in [9.17, 15) is 45.1 Å². The standard InChI is InChI=1S/C28H21F7N2O3/c1-3-16-13-18(26(29,27(30,31)32)28(33,34)35)12-15(2)22(16)36-23(38)19-9-5-4-8-17(19)14-37-24(39)20-10-6-7-11-21(20)25(37)40/h4-13H,3,14H2,1-2H3,(H,36,38). The van der Waals surface area contributed by atoms with Crippen molar-refractivity contribution in [3.05, 3.63) is 99.6 Å². The maximum atomic E-state index is 14.7. The predicted molar refractivity (Wildman–Crippen MR) is 130 cm³/mol. The Hall–Kier alpha value is -4.22. The van der Waals surface area contributed by atoms with Crippen molar-refractivity contribution in [2.24, 2.45) is 0 Å². The highest BCUT2D eigenvalue weighted by molar-refractivity contribution is 6.21. The van der Waals surface area contributed by atoms with Crippen LogP contribution in [0.2, 0.25) is 0 Å². The van der Waals surface area contributed by atoms with Crippen molar-refractivity contribution < 1.29 is 45.1 Å². The average molecular weight is 566 g/mol. The molecule has 3 aromatic rings. The Kier molecular flexibility index (Phi) is 7.24. The summed E-state index contributed by atoms with van der Waals surface area (Å²) in [6.45, 7) is 2.30. The number of halogens is 7. The van der Waals surface area contributed by atoms with Gasteiger partial charge in [0.05, 0.1) is 17.7 Å². The Bertz CT molecular complexity index is 1460. The molecule has 0 saturated carbocycles. The molecule has 12 heteroatoms. The molecule has 0 aromatic heterocycles. The summed E-state index contributed by atoms with van der Waals surface area (Å²) in [7, 11) is 0. The summed E-state index contributed by atoms with van der Waals surface area (Å²) >= 11 is 0. The van der Waals surface area contributed by atoms with Crippen molar-refractivity contribution in [2.45, 2.75) is 44.8 Å². The zero-order valence-electron chi connectivity index (χ0n) is 21.0. The monoisotopic (exact) mass is 566 g/mol. The minimum Gasteiger partial charge on any atom is -0.321 e. The van der Waals surface area contributed by atoms with E-state index in [1.807, 2.05) is 0 Å². The van der Waals surface area contributed by atoms with Crippen molar-refractivity contribution in [1.82, 2.24) is 4.90 Å². The molecule has 1 N–H and O–H groups in total. The molecule has 0 unspecified atom stereocenters. The number of rotatable bonds is 6. The van der Waals surface area contributed by atoms with Crippen LogP contribution in [0.15, 0.2) is 60.7 Å². The van der Waals surface area contributed by atoms with Crippen LogP contribution in [0.25, 0.3) is 0 Å². The first-order chi connectivity index (χ1) is 18.6. The molecule has 0 atom stereocenters. The van der Waals surface area contributed by atoms with Gasteiger partial charge in [0.1, 0.15) is 0 Å². The van der Waals surface area contributed by atoms with E-state index in [0.717, 1.165) is 11.8 Å². The fraction of sp³-hybridized carbons (Fsp3) is 0.250. The molecule has 0 spiro atoms. The number of benzene rings is 3. The molecule has 5 nitrogen and oxygen atoms in total. The van der Waals surface area contributed by atoms with E-state index in [1.54, 1.807) is 18.2 Å². The third kappa shape index (κ3) is 4.71. The maximum absolute atomic E-state index is 14.7. The van der Waals surface area contributed by atoms with E-state index < -0.39 is 41.3 Å². The Morgan fingerprint density at radius 2 is 1.32 bits per heavy atom. The number of imide groups is 1. The lowest BCUT2D eigenvalue weighted by Gasteiger charge is -2.31. The second-order valence-corrected chi connectivity index (χ2v) is 9.19. The lowest BCUT2D eigenvalue weighted by atomic mass is 9.89. The first-order valence-electron chi connectivity index (χ1n) is 11.9. The highest BCUT2D eigenvalue weighted by atomic mass is 19.4. The third-order valence-electron chi connectivity index (χ3n) is 6.68.